The molecule has 2 heterocycles. The van der Waals surface area contributed by atoms with Crippen molar-refractivity contribution < 1.29 is 14.1 Å². The zero-order chi connectivity index (χ0) is 17.6. The van der Waals surface area contributed by atoms with Gasteiger partial charge in [0.25, 0.3) is 11.5 Å². The standard InChI is InChI=1S/C17H16N4O4/c1-12-11-15(20-25-12)18-17(23)14-7-8-16(22)21(19-14)9-10-24-13-5-3-2-4-6-13/h2-8,11H,9-10H2,1H3,(H,18,20,23). The Balaban J connectivity index is 1.65. The number of carbonyl (C=O) groups excluding carboxylic acids is 1. The summed E-state index contributed by atoms with van der Waals surface area (Å²) in [5.41, 5.74) is -0.217. The number of nitrogens with zero attached hydrogens (tertiary/aromatic N) is 3. The van der Waals surface area contributed by atoms with Crippen LogP contribution in [0.4, 0.5) is 5.82 Å². The first-order valence-corrected chi connectivity index (χ1v) is 7.62. The van der Waals surface area contributed by atoms with Gasteiger partial charge in [-0.3, -0.25) is 9.59 Å². The predicted molar refractivity (Wildman–Crippen MR) is 89.6 cm³/mol. The molecule has 0 saturated carbocycles. The molecule has 0 bridgehead atoms. The third kappa shape index (κ3) is 4.31. The normalized spacial score (nSPS) is 10.4. The fraction of sp³-hybridized carbons (Fsp3) is 0.176. The highest BCUT2D eigenvalue weighted by atomic mass is 16.5. The maximum Gasteiger partial charge on any atom is 0.277 e. The van der Waals surface area contributed by atoms with Crippen LogP contribution in [-0.4, -0.2) is 27.5 Å². The second-order valence-electron chi connectivity index (χ2n) is 5.22. The van der Waals surface area contributed by atoms with Crippen LogP contribution >= 0.6 is 0 Å². The summed E-state index contributed by atoms with van der Waals surface area (Å²) in [5.74, 6) is 1.08. The highest BCUT2D eigenvalue weighted by Gasteiger charge is 2.12. The predicted octanol–water partition coefficient (Wildman–Crippen LogP) is 1.87. The Morgan fingerprint density at radius 3 is 2.76 bits per heavy atom. The minimum atomic E-state index is -0.481. The first-order valence-electron chi connectivity index (χ1n) is 7.62. The van der Waals surface area contributed by atoms with Gasteiger partial charge in [0.05, 0.1) is 6.54 Å². The van der Waals surface area contributed by atoms with E-state index >= 15 is 0 Å². The Kier molecular flexibility index (Phi) is 4.89. The van der Waals surface area contributed by atoms with Gasteiger partial charge in [-0.2, -0.15) is 5.10 Å². The average molecular weight is 340 g/mol. The minimum Gasteiger partial charge on any atom is -0.492 e. The molecule has 0 aliphatic heterocycles. The number of hydrogen-bond donors (Lipinski definition) is 1. The molecule has 8 nitrogen and oxygen atoms in total. The van der Waals surface area contributed by atoms with Crippen molar-refractivity contribution in [2.75, 3.05) is 11.9 Å². The lowest BCUT2D eigenvalue weighted by Crippen LogP contribution is -2.28. The molecular formula is C17H16N4O4. The number of hydrogen-bond acceptors (Lipinski definition) is 6. The summed E-state index contributed by atoms with van der Waals surface area (Å²) in [7, 11) is 0. The van der Waals surface area contributed by atoms with Crippen LogP contribution in [0.2, 0.25) is 0 Å². The van der Waals surface area contributed by atoms with Crippen LogP contribution in [0.5, 0.6) is 5.75 Å². The van der Waals surface area contributed by atoms with E-state index in [1.54, 1.807) is 13.0 Å². The van der Waals surface area contributed by atoms with E-state index in [1.165, 1.54) is 16.8 Å². The van der Waals surface area contributed by atoms with Crippen molar-refractivity contribution in [1.82, 2.24) is 14.9 Å². The maximum absolute atomic E-state index is 12.2. The van der Waals surface area contributed by atoms with E-state index < -0.39 is 5.91 Å². The molecule has 0 fully saturated rings. The summed E-state index contributed by atoms with van der Waals surface area (Å²) in [6, 6.07) is 13.5. The summed E-state index contributed by atoms with van der Waals surface area (Å²) in [6.45, 7) is 2.19. The largest absolute Gasteiger partial charge is 0.492 e. The summed E-state index contributed by atoms with van der Waals surface area (Å²) in [6.07, 6.45) is 0. The number of ether oxygens (including phenoxy) is 1. The Labute approximate surface area is 143 Å². The van der Waals surface area contributed by atoms with E-state index in [9.17, 15) is 9.59 Å². The quantitative estimate of drug-likeness (QED) is 0.735. The van der Waals surface area contributed by atoms with E-state index in [4.69, 9.17) is 9.26 Å². The van der Waals surface area contributed by atoms with Gasteiger partial charge in [-0.15, -0.1) is 0 Å². The second kappa shape index (κ2) is 7.43. The zero-order valence-corrected chi connectivity index (χ0v) is 13.5. The first-order chi connectivity index (χ1) is 12.1. The highest BCUT2D eigenvalue weighted by molar-refractivity contribution is 6.02. The number of carbonyl (C=O) groups is 1. The lowest BCUT2D eigenvalue weighted by Gasteiger charge is -2.08. The topological polar surface area (TPSA) is 99.2 Å². The lowest BCUT2D eigenvalue weighted by molar-refractivity contribution is 0.101. The first kappa shape index (κ1) is 16.4. The molecule has 1 amide bonds. The number of aryl methyl sites for hydroxylation is 1. The van der Waals surface area contributed by atoms with E-state index in [0.29, 0.717) is 11.5 Å². The van der Waals surface area contributed by atoms with Crippen molar-refractivity contribution in [2.45, 2.75) is 13.5 Å². The number of amides is 1. The molecule has 0 unspecified atom stereocenters. The van der Waals surface area contributed by atoms with Gasteiger partial charge < -0.3 is 14.6 Å². The van der Waals surface area contributed by atoms with Crippen molar-refractivity contribution in [1.29, 1.82) is 0 Å². The van der Waals surface area contributed by atoms with E-state index in [1.807, 2.05) is 30.3 Å². The van der Waals surface area contributed by atoms with Crippen LogP contribution in [-0.2, 0) is 6.54 Å². The zero-order valence-electron chi connectivity index (χ0n) is 13.5. The molecular weight excluding hydrogens is 324 g/mol. The molecule has 3 aromatic rings. The summed E-state index contributed by atoms with van der Waals surface area (Å²) < 4.78 is 11.6. The number of aromatic nitrogens is 3. The van der Waals surface area contributed by atoms with Gasteiger partial charge in [-0.05, 0) is 25.1 Å². The minimum absolute atomic E-state index is 0.0972. The van der Waals surface area contributed by atoms with Crippen LogP contribution in [0.1, 0.15) is 16.2 Å². The van der Waals surface area contributed by atoms with E-state index in [-0.39, 0.29) is 30.2 Å². The fourth-order valence-electron chi connectivity index (χ4n) is 2.10. The van der Waals surface area contributed by atoms with Gasteiger partial charge in [-0.1, -0.05) is 23.4 Å². The summed E-state index contributed by atoms with van der Waals surface area (Å²) in [4.78, 5) is 24.1. The molecule has 0 spiro atoms. The maximum atomic E-state index is 12.2. The molecule has 2 aromatic heterocycles. The molecule has 8 heteroatoms. The van der Waals surface area contributed by atoms with Crippen molar-refractivity contribution in [3.63, 3.8) is 0 Å². The Morgan fingerprint density at radius 1 is 1.24 bits per heavy atom. The monoisotopic (exact) mass is 340 g/mol. The van der Waals surface area contributed by atoms with Crippen molar-refractivity contribution in [3.8, 4) is 5.75 Å². The smallest absolute Gasteiger partial charge is 0.277 e. The van der Waals surface area contributed by atoms with Crippen molar-refractivity contribution in [2.24, 2.45) is 0 Å². The van der Waals surface area contributed by atoms with Gasteiger partial charge >= 0.3 is 0 Å². The fourth-order valence-corrected chi connectivity index (χ4v) is 2.10. The molecule has 1 aromatic carbocycles. The average Bonchev–Trinajstić information content (AvgIpc) is 3.02. The van der Waals surface area contributed by atoms with Gasteiger partial charge in [0.1, 0.15) is 23.8 Å². The third-order valence-corrected chi connectivity index (χ3v) is 3.28. The van der Waals surface area contributed by atoms with Crippen LogP contribution < -0.4 is 15.6 Å². The highest BCUT2D eigenvalue weighted by Crippen LogP contribution is 2.09. The van der Waals surface area contributed by atoms with Crippen molar-refractivity contribution in [3.05, 3.63) is 70.3 Å². The molecule has 1 N–H and O–H groups in total. The summed E-state index contributed by atoms with van der Waals surface area (Å²) in [5, 5.41) is 10.3. The van der Waals surface area contributed by atoms with E-state index in [2.05, 4.69) is 15.6 Å². The van der Waals surface area contributed by atoms with Gasteiger partial charge in [0.15, 0.2) is 5.82 Å². The van der Waals surface area contributed by atoms with Gasteiger partial charge in [-0.25, -0.2) is 4.68 Å². The molecule has 0 atom stereocenters. The van der Waals surface area contributed by atoms with Gasteiger partial charge in [0, 0.05) is 12.1 Å². The van der Waals surface area contributed by atoms with Gasteiger partial charge in [0.2, 0.25) is 0 Å². The number of benzene rings is 1. The molecule has 0 aliphatic carbocycles. The van der Waals surface area contributed by atoms with Crippen LogP contribution in [0.15, 0.2) is 57.8 Å². The number of nitrogens with one attached hydrogen (secondary N) is 1. The lowest BCUT2D eigenvalue weighted by atomic mass is 10.3. The number of anilines is 1. The Morgan fingerprint density at radius 2 is 2.04 bits per heavy atom. The second-order valence-corrected chi connectivity index (χ2v) is 5.22. The van der Waals surface area contributed by atoms with E-state index in [0.717, 1.165) is 0 Å². The molecule has 0 radical (unpaired) electrons. The third-order valence-electron chi connectivity index (χ3n) is 3.28. The SMILES string of the molecule is Cc1cc(NC(=O)c2ccc(=O)n(CCOc3ccccc3)n2)no1. The molecule has 128 valence electrons. The van der Waals surface area contributed by atoms with Crippen LogP contribution in [0.25, 0.3) is 0 Å². The van der Waals surface area contributed by atoms with Crippen LogP contribution in [0, 0.1) is 6.92 Å². The Hall–Kier alpha value is -3.42. The van der Waals surface area contributed by atoms with Crippen molar-refractivity contribution >= 4 is 11.7 Å². The molecule has 0 saturated heterocycles. The Bertz CT molecular complexity index is 918. The molecule has 3 rings (SSSR count). The molecule has 0 aliphatic rings. The van der Waals surface area contributed by atoms with Crippen LogP contribution in [0.3, 0.4) is 0 Å². The number of para-hydroxylation sites is 1. The summed E-state index contributed by atoms with van der Waals surface area (Å²) >= 11 is 0. The molecule has 25 heavy (non-hydrogen) atoms. The number of rotatable bonds is 6.